The van der Waals surface area contributed by atoms with Gasteiger partial charge >= 0.3 is 0 Å². The van der Waals surface area contributed by atoms with Crippen LogP contribution in [0.25, 0.3) is 97.3 Å². The van der Waals surface area contributed by atoms with E-state index in [1.54, 1.807) is 22.7 Å². The Morgan fingerprint density at radius 1 is 0.392 bits per heavy atom. The van der Waals surface area contributed by atoms with Gasteiger partial charge in [-0.1, -0.05) is 133 Å². The van der Waals surface area contributed by atoms with Gasteiger partial charge < -0.3 is 0 Å². The van der Waals surface area contributed by atoms with Gasteiger partial charge in [0.1, 0.15) is 0 Å². The standard InChI is InChI=1S/C44H27N5S2/c1-26-22-24-27(25-23-26)37-40-38(30-16-8-9-20-34(30)50-40)46-44(45-37)33-19-10-17-31-36-32(18-11-21-35(36)51-39(31)33)43-48-41(28-12-4-2-5-13-28)47-42(49-43)29-14-6-3-7-15-29/h2-25H,1H3. The summed E-state index contributed by atoms with van der Waals surface area (Å²) in [5.41, 5.74) is 8.12. The van der Waals surface area contributed by atoms with E-state index in [-0.39, 0.29) is 0 Å². The Hall–Kier alpha value is -6.15. The van der Waals surface area contributed by atoms with Crippen molar-refractivity contribution in [2.75, 3.05) is 0 Å². The van der Waals surface area contributed by atoms with Crippen LogP contribution in [0.4, 0.5) is 0 Å². The highest BCUT2D eigenvalue weighted by atomic mass is 32.1. The van der Waals surface area contributed by atoms with Gasteiger partial charge in [0.25, 0.3) is 0 Å². The van der Waals surface area contributed by atoms with E-state index in [0.717, 1.165) is 75.1 Å². The smallest absolute Gasteiger partial charge is 0.164 e. The van der Waals surface area contributed by atoms with Gasteiger partial charge in [-0.2, -0.15) is 0 Å². The second kappa shape index (κ2) is 12.0. The number of aryl methyl sites for hydroxylation is 1. The number of thiophene rings is 2. The first kappa shape index (κ1) is 29.7. The number of rotatable bonds is 5. The minimum atomic E-state index is 0.641. The van der Waals surface area contributed by atoms with Crippen molar-refractivity contribution in [3.05, 3.63) is 151 Å². The molecular formula is C44H27N5S2. The number of hydrogen-bond acceptors (Lipinski definition) is 7. The summed E-state index contributed by atoms with van der Waals surface area (Å²) < 4.78 is 4.60. The molecule has 0 aliphatic carbocycles. The monoisotopic (exact) mass is 689 g/mol. The van der Waals surface area contributed by atoms with Crippen LogP contribution < -0.4 is 0 Å². The fourth-order valence-corrected chi connectivity index (χ4v) is 9.15. The average molecular weight is 690 g/mol. The Morgan fingerprint density at radius 2 is 0.961 bits per heavy atom. The van der Waals surface area contributed by atoms with Crippen LogP contribution in [0, 0.1) is 6.92 Å². The molecule has 7 heteroatoms. The molecule has 0 N–H and O–H groups in total. The SMILES string of the molecule is Cc1ccc(-c2nc(-c3cccc4c3sc3cccc(-c5nc(-c6ccccc6)nc(-c6ccccc6)n5)c34)nc3c2sc2ccccc23)cc1. The van der Waals surface area contributed by atoms with Crippen molar-refractivity contribution >= 4 is 63.1 Å². The van der Waals surface area contributed by atoms with E-state index in [4.69, 9.17) is 24.9 Å². The lowest BCUT2D eigenvalue weighted by atomic mass is 10.0. The van der Waals surface area contributed by atoms with Crippen LogP contribution in [0.15, 0.2) is 146 Å². The van der Waals surface area contributed by atoms with E-state index < -0.39 is 0 Å². The molecule has 4 heterocycles. The van der Waals surface area contributed by atoms with E-state index in [0.29, 0.717) is 17.5 Å². The maximum atomic E-state index is 5.33. The van der Waals surface area contributed by atoms with Crippen molar-refractivity contribution in [2.24, 2.45) is 0 Å². The van der Waals surface area contributed by atoms with Crippen LogP contribution >= 0.6 is 22.7 Å². The van der Waals surface area contributed by atoms with Crippen LogP contribution in [0.1, 0.15) is 5.56 Å². The molecule has 0 aliphatic heterocycles. The zero-order valence-corrected chi connectivity index (χ0v) is 29.0. The van der Waals surface area contributed by atoms with E-state index >= 15 is 0 Å². The number of benzene rings is 6. The fourth-order valence-electron chi connectivity index (χ4n) is 6.76. The summed E-state index contributed by atoms with van der Waals surface area (Å²) in [6.45, 7) is 2.11. The van der Waals surface area contributed by atoms with Gasteiger partial charge in [-0.15, -0.1) is 22.7 Å². The highest BCUT2D eigenvalue weighted by Gasteiger charge is 2.21. The Labute approximate surface area is 301 Å². The van der Waals surface area contributed by atoms with Crippen LogP contribution in [0.2, 0.25) is 0 Å². The van der Waals surface area contributed by atoms with Crippen LogP contribution in [-0.4, -0.2) is 24.9 Å². The van der Waals surface area contributed by atoms with E-state index in [1.165, 1.54) is 10.3 Å². The first-order chi connectivity index (χ1) is 25.2. The second-order valence-electron chi connectivity index (χ2n) is 12.5. The molecule has 6 aromatic carbocycles. The van der Waals surface area contributed by atoms with Crippen LogP contribution in [-0.2, 0) is 0 Å². The minimum absolute atomic E-state index is 0.641. The summed E-state index contributed by atoms with van der Waals surface area (Å²) >= 11 is 3.52. The zero-order chi connectivity index (χ0) is 33.9. The average Bonchev–Trinajstić information content (AvgIpc) is 3.77. The number of fused-ring (bicyclic) bond motifs is 6. The van der Waals surface area contributed by atoms with E-state index in [2.05, 4.69) is 91.9 Å². The molecule has 0 spiro atoms. The Balaban J connectivity index is 1.21. The van der Waals surface area contributed by atoms with Crippen molar-refractivity contribution < 1.29 is 0 Å². The quantitative estimate of drug-likeness (QED) is 0.180. The molecule has 10 rings (SSSR count). The molecule has 0 fully saturated rings. The molecule has 0 saturated carbocycles. The third-order valence-corrected chi connectivity index (χ3v) is 11.6. The van der Waals surface area contributed by atoms with Crippen LogP contribution in [0.5, 0.6) is 0 Å². The van der Waals surface area contributed by atoms with Crippen LogP contribution in [0.3, 0.4) is 0 Å². The van der Waals surface area contributed by atoms with E-state index in [1.807, 2.05) is 60.7 Å². The molecule has 5 nitrogen and oxygen atoms in total. The first-order valence-electron chi connectivity index (χ1n) is 16.8. The summed E-state index contributed by atoms with van der Waals surface area (Å²) in [4.78, 5) is 25.7. The lowest BCUT2D eigenvalue weighted by Gasteiger charge is -2.10. The number of hydrogen-bond donors (Lipinski definition) is 0. The molecule has 0 bridgehead atoms. The van der Waals surface area contributed by atoms with Gasteiger partial charge in [0.05, 0.1) is 15.9 Å². The van der Waals surface area contributed by atoms with Gasteiger partial charge in [-0.25, -0.2) is 24.9 Å². The molecular weight excluding hydrogens is 663 g/mol. The molecule has 0 amide bonds. The van der Waals surface area contributed by atoms with Gasteiger partial charge in [-0.3, -0.25) is 0 Å². The molecule has 0 unspecified atom stereocenters. The van der Waals surface area contributed by atoms with E-state index in [9.17, 15) is 0 Å². The topological polar surface area (TPSA) is 64.5 Å². The minimum Gasteiger partial charge on any atom is -0.226 e. The Morgan fingerprint density at radius 3 is 1.71 bits per heavy atom. The molecule has 0 radical (unpaired) electrons. The van der Waals surface area contributed by atoms with Gasteiger partial charge in [0.15, 0.2) is 23.3 Å². The van der Waals surface area contributed by atoms with Crippen molar-refractivity contribution in [1.82, 2.24) is 24.9 Å². The van der Waals surface area contributed by atoms with Crippen molar-refractivity contribution in [2.45, 2.75) is 6.92 Å². The molecule has 4 aromatic heterocycles. The maximum Gasteiger partial charge on any atom is 0.164 e. The normalized spacial score (nSPS) is 11.6. The van der Waals surface area contributed by atoms with Gasteiger partial charge in [0.2, 0.25) is 0 Å². The summed E-state index contributed by atoms with van der Waals surface area (Å²) in [6.07, 6.45) is 0. The lowest BCUT2D eigenvalue weighted by molar-refractivity contribution is 1.08. The number of nitrogens with zero attached hydrogens (tertiary/aromatic N) is 5. The van der Waals surface area contributed by atoms with Crippen molar-refractivity contribution in [3.8, 4) is 56.8 Å². The Bertz CT molecular complexity index is 2860. The summed E-state index contributed by atoms with van der Waals surface area (Å²) in [7, 11) is 0. The summed E-state index contributed by atoms with van der Waals surface area (Å²) in [6, 6.07) is 50.2. The summed E-state index contributed by atoms with van der Waals surface area (Å²) in [5.74, 6) is 2.65. The van der Waals surface area contributed by atoms with Gasteiger partial charge in [0, 0.05) is 58.1 Å². The second-order valence-corrected chi connectivity index (χ2v) is 14.6. The molecule has 0 saturated heterocycles. The molecule has 240 valence electrons. The van der Waals surface area contributed by atoms with Crippen molar-refractivity contribution in [1.29, 1.82) is 0 Å². The zero-order valence-electron chi connectivity index (χ0n) is 27.4. The highest BCUT2D eigenvalue weighted by molar-refractivity contribution is 7.26. The molecule has 0 atom stereocenters. The van der Waals surface area contributed by atoms with Gasteiger partial charge in [-0.05, 0) is 25.1 Å². The third-order valence-electron chi connectivity index (χ3n) is 9.25. The highest BCUT2D eigenvalue weighted by Crippen LogP contribution is 2.45. The third kappa shape index (κ3) is 5.09. The molecule has 51 heavy (non-hydrogen) atoms. The molecule has 0 aliphatic rings. The lowest BCUT2D eigenvalue weighted by Crippen LogP contribution is -2.00. The Kier molecular flexibility index (Phi) is 7.01. The predicted octanol–water partition coefficient (Wildman–Crippen LogP) is 12.0. The number of aromatic nitrogens is 5. The molecule has 10 aromatic rings. The first-order valence-corrected chi connectivity index (χ1v) is 18.4. The maximum absolute atomic E-state index is 5.33. The summed E-state index contributed by atoms with van der Waals surface area (Å²) in [5, 5.41) is 3.39. The predicted molar refractivity (Wildman–Crippen MR) is 213 cm³/mol. The van der Waals surface area contributed by atoms with Crippen molar-refractivity contribution in [3.63, 3.8) is 0 Å². The largest absolute Gasteiger partial charge is 0.226 e. The fraction of sp³-hybridized carbons (Fsp3) is 0.0227.